The molecule has 1 aliphatic rings. The third kappa shape index (κ3) is 7.68. The second kappa shape index (κ2) is 12.3. The maximum absolute atomic E-state index is 14.1. The van der Waals surface area contributed by atoms with Crippen molar-refractivity contribution in [3.05, 3.63) is 35.3 Å². The summed E-state index contributed by atoms with van der Waals surface area (Å²) in [5.41, 5.74) is 1.87. The second-order valence-electron chi connectivity index (χ2n) is 7.84. The molecule has 1 aromatic heterocycles. The van der Waals surface area contributed by atoms with Crippen LogP contribution in [0.3, 0.4) is 0 Å². The van der Waals surface area contributed by atoms with Crippen molar-refractivity contribution in [2.45, 2.75) is 57.7 Å². The van der Waals surface area contributed by atoms with Gasteiger partial charge in [-0.15, -0.1) is 11.3 Å². The third-order valence-electron chi connectivity index (χ3n) is 5.45. The van der Waals surface area contributed by atoms with Crippen molar-refractivity contribution in [2.24, 2.45) is 5.92 Å². The fourth-order valence-electron chi connectivity index (χ4n) is 3.77. The van der Waals surface area contributed by atoms with Crippen LogP contribution in [0.1, 0.15) is 50.6 Å². The van der Waals surface area contributed by atoms with E-state index in [0.29, 0.717) is 13.0 Å². The molecule has 0 spiro atoms. The minimum Gasteiger partial charge on any atom is -0.497 e. The average molecular weight is 421 g/mol. The molecule has 2 heterocycles. The van der Waals surface area contributed by atoms with Crippen LogP contribution in [-0.4, -0.2) is 38.0 Å². The molecule has 1 N–H and O–H groups in total. The van der Waals surface area contributed by atoms with Crippen LogP contribution in [-0.2, 0) is 11.3 Å². The van der Waals surface area contributed by atoms with Gasteiger partial charge in [0, 0.05) is 10.9 Å². The molecule has 3 rings (SSSR count). The third-order valence-corrected chi connectivity index (χ3v) is 6.39. The standard InChI is InChI=1S/C23H33FN2O2S/c1-27-22-11-6-9-19(13-22)23-26-21(17-29-23)16-28-15-20(24)10-3-2-7-18-8-4-5-12-25-14-18/h6,9,11,13,17-18,20,25H,2-5,7-8,10,12,14-16H2,1H3/t18?,20-/m1/s1. The van der Waals surface area contributed by atoms with E-state index in [2.05, 4.69) is 10.3 Å². The monoisotopic (exact) mass is 420 g/mol. The lowest BCUT2D eigenvalue weighted by atomic mass is 9.96. The van der Waals surface area contributed by atoms with Crippen molar-refractivity contribution in [1.29, 1.82) is 0 Å². The summed E-state index contributed by atoms with van der Waals surface area (Å²) >= 11 is 1.57. The molecule has 1 aliphatic heterocycles. The molecular weight excluding hydrogens is 387 g/mol. The van der Waals surface area contributed by atoms with Crippen molar-refractivity contribution >= 4 is 11.3 Å². The van der Waals surface area contributed by atoms with Gasteiger partial charge in [0.15, 0.2) is 0 Å². The Hall–Kier alpha value is -1.50. The van der Waals surface area contributed by atoms with Crippen LogP contribution in [0, 0.1) is 5.92 Å². The van der Waals surface area contributed by atoms with E-state index in [4.69, 9.17) is 9.47 Å². The zero-order valence-electron chi connectivity index (χ0n) is 17.4. The smallest absolute Gasteiger partial charge is 0.123 e. The first-order valence-electron chi connectivity index (χ1n) is 10.8. The number of halogens is 1. The van der Waals surface area contributed by atoms with E-state index in [1.165, 1.54) is 25.7 Å². The summed E-state index contributed by atoms with van der Waals surface area (Å²) in [5.74, 6) is 1.58. The summed E-state index contributed by atoms with van der Waals surface area (Å²) in [7, 11) is 1.65. The zero-order chi connectivity index (χ0) is 20.3. The summed E-state index contributed by atoms with van der Waals surface area (Å²) in [4.78, 5) is 4.60. The van der Waals surface area contributed by atoms with E-state index >= 15 is 0 Å². The number of methoxy groups -OCH3 is 1. The Kier molecular flexibility index (Phi) is 9.38. The lowest BCUT2D eigenvalue weighted by Crippen LogP contribution is -2.20. The number of nitrogens with one attached hydrogen (secondary N) is 1. The van der Waals surface area contributed by atoms with E-state index in [1.54, 1.807) is 18.4 Å². The van der Waals surface area contributed by atoms with Crippen LogP contribution in [0.25, 0.3) is 10.6 Å². The first-order valence-corrected chi connectivity index (χ1v) is 11.6. The largest absolute Gasteiger partial charge is 0.497 e. The van der Waals surface area contributed by atoms with Crippen molar-refractivity contribution in [2.75, 3.05) is 26.8 Å². The first kappa shape index (κ1) is 22.2. The van der Waals surface area contributed by atoms with Gasteiger partial charge in [0.05, 0.1) is 26.0 Å². The Bertz CT molecular complexity index is 716. The number of ether oxygens (including phenoxy) is 2. The molecule has 0 radical (unpaired) electrons. The van der Waals surface area contributed by atoms with Crippen LogP contribution in [0.15, 0.2) is 29.6 Å². The number of rotatable bonds is 11. The van der Waals surface area contributed by atoms with Gasteiger partial charge in [0.1, 0.15) is 16.9 Å². The number of hydrogen-bond acceptors (Lipinski definition) is 5. The average Bonchev–Trinajstić information content (AvgIpc) is 3.06. The highest BCUT2D eigenvalue weighted by Gasteiger charge is 2.13. The molecule has 29 heavy (non-hydrogen) atoms. The molecule has 1 unspecified atom stereocenters. The number of benzene rings is 1. The maximum Gasteiger partial charge on any atom is 0.123 e. The normalized spacial score (nSPS) is 18.3. The van der Waals surface area contributed by atoms with E-state index in [-0.39, 0.29) is 6.61 Å². The highest BCUT2D eigenvalue weighted by Crippen LogP contribution is 2.27. The Morgan fingerprint density at radius 1 is 1.31 bits per heavy atom. The Labute approximate surface area is 177 Å². The quantitative estimate of drug-likeness (QED) is 0.479. The highest BCUT2D eigenvalue weighted by atomic mass is 32.1. The van der Waals surface area contributed by atoms with Crippen molar-refractivity contribution in [1.82, 2.24) is 10.3 Å². The Balaban J connectivity index is 1.31. The van der Waals surface area contributed by atoms with Crippen LogP contribution < -0.4 is 10.1 Å². The van der Waals surface area contributed by atoms with E-state index in [0.717, 1.165) is 53.9 Å². The van der Waals surface area contributed by atoms with Gasteiger partial charge >= 0.3 is 0 Å². The summed E-state index contributed by atoms with van der Waals surface area (Å²) in [6, 6.07) is 7.84. The number of thiazole rings is 1. The summed E-state index contributed by atoms with van der Waals surface area (Å²) in [6.07, 6.45) is 6.91. The Morgan fingerprint density at radius 2 is 2.24 bits per heavy atom. The van der Waals surface area contributed by atoms with Gasteiger partial charge in [-0.1, -0.05) is 31.4 Å². The van der Waals surface area contributed by atoms with Crippen LogP contribution >= 0.6 is 11.3 Å². The van der Waals surface area contributed by atoms with Gasteiger partial charge in [0.25, 0.3) is 0 Å². The van der Waals surface area contributed by atoms with E-state index < -0.39 is 6.17 Å². The van der Waals surface area contributed by atoms with Crippen LogP contribution in [0.2, 0.25) is 0 Å². The van der Waals surface area contributed by atoms with Gasteiger partial charge in [0.2, 0.25) is 0 Å². The predicted octanol–water partition coefficient (Wildman–Crippen LogP) is 5.62. The molecule has 160 valence electrons. The number of hydrogen-bond donors (Lipinski definition) is 1. The summed E-state index contributed by atoms with van der Waals surface area (Å²) < 4.78 is 25.0. The van der Waals surface area contributed by atoms with E-state index in [1.807, 2.05) is 29.6 Å². The molecular formula is C23H33FN2O2S. The van der Waals surface area contributed by atoms with Crippen LogP contribution in [0.4, 0.5) is 4.39 Å². The van der Waals surface area contributed by atoms with Crippen molar-refractivity contribution in [3.63, 3.8) is 0 Å². The molecule has 4 nitrogen and oxygen atoms in total. The molecule has 0 amide bonds. The lowest BCUT2D eigenvalue weighted by molar-refractivity contribution is 0.0639. The van der Waals surface area contributed by atoms with E-state index in [9.17, 15) is 4.39 Å². The SMILES string of the molecule is COc1cccc(-c2nc(COC[C@H](F)CCCCC3CCCCNC3)cs2)c1. The molecule has 2 atom stereocenters. The number of alkyl halides is 1. The summed E-state index contributed by atoms with van der Waals surface area (Å²) in [5, 5.41) is 6.40. The van der Waals surface area contributed by atoms with Crippen molar-refractivity contribution in [3.8, 4) is 16.3 Å². The molecule has 0 bridgehead atoms. The highest BCUT2D eigenvalue weighted by molar-refractivity contribution is 7.13. The Morgan fingerprint density at radius 3 is 3.14 bits per heavy atom. The molecule has 0 aliphatic carbocycles. The molecule has 6 heteroatoms. The predicted molar refractivity (Wildman–Crippen MR) is 117 cm³/mol. The zero-order valence-corrected chi connectivity index (χ0v) is 18.2. The maximum atomic E-state index is 14.1. The lowest BCUT2D eigenvalue weighted by Gasteiger charge is -2.14. The van der Waals surface area contributed by atoms with Crippen molar-refractivity contribution < 1.29 is 13.9 Å². The minimum absolute atomic E-state index is 0.150. The number of nitrogens with zero attached hydrogens (tertiary/aromatic N) is 1. The fraction of sp³-hybridized carbons (Fsp3) is 0.609. The fourth-order valence-corrected chi connectivity index (χ4v) is 4.57. The van der Waals surface area contributed by atoms with Gasteiger partial charge in [-0.05, 0) is 56.8 Å². The molecule has 1 saturated heterocycles. The second-order valence-corrected chi connectivity index (χ2v) is 8.70. The topological polar surface area (TPSA) is 43.4 Å². The molecule has 0 saturated carbocycles. The van der Waals surface area contributed by atoms with Gasteiger partial charge < -0.3 is 14.8 Å². The minimum atomic E-state index is -0.890. The molecule has 2 aromatic rings. The van der Waals surface area contributed by atoms with Gasteiger partial charge in [-0.2, -0.15) is 0 Å². The first-order chi connectivity index (χ1) is 14.2. The molecule has 1 aromatic carbocycles. The van der Waals surface area contributed by atoms with Gasteiger partial charge in [-0.25, -0.2) is 9.37 Å². The summed E-state index contributed by atoms with van der Waals surface area (Å²) in [6.45, 7) is 2.79. The van der Waals surface area contributed by atoms with Crippen LogP contribution in [0.5, 0.6) is 5.75 Å². The van der Waals surface area contributed by atoms with Gasteiger partial charge in [-0.3, -0.25) is 0 Å². The number of aromatic nitrogens is 1. The molecule has 1 fully saturated rings. The number of unbranched alkanes of at least 4 members (excludes halogenated alkanes) is 1.